The van der Waals surface area contributed by atoms with E-state index < -0.39 is 5.97 Å². The molecule has 0 unspecified atom stereocenters. The number of aryl methyl sites for hydroxylation is 1. The van der Waals surface area contributed by atoms with Crippen LogP contribution in [0.4, 0.5) is 0 Å². The summed E-state index contributed by atoms with van der Waals surface area (Å²) >= 11 is 0. The van der Waals surface area contributed by atoms with E-state index in [0.29, 0.717) is 18.0 Å². The van der Waals surface area contributed by atoms with Gasteiger partial charge in [0.15, 0.2) is 11.5 Å². The number of rotatable bonds is 6. The number of carbonyl (C=O) groups is 1. The Morgan fingerprint density at radius 1 is 1.28 bits per heavy atom. The van der Waals surface area contributed by atoms with E-state index in [-0.39, 0.29) is 6.54 Å². The molecular weight excluding hydrogens is 234 g/mol. The summed E-state index contributed by atoms with van der Waals surface area (Å²) in [5.74, 6) is 0.497. The van der Waals surface area contributed by atoms with Gasteiger partial charge in [-0.05, 0) is 37.2 Å². The second-order valence-corrected chi connectivity index (χ2v) is 4.20. The van der Waals surface area contributed by atoms with Crippen molar-refractivity contribution in [3.63, 3.8) is 0 Å². The van der Waals surface area contributed by atoms with Gasteiger partial charge in [0.1, 0.15) is 0 Å². The van der Waals surface area contributed by atoms with Crippen LogP contribution in [0.3, 0.4) is 0 Å². The summed E-state index contributed by atoms with van der Waals surface area (Å²) in [6.45, 7) is 2.53. The fraction of sp³-hybridized carbons (Fsp3) is 0.462. The number of nitrogens with zero attached hydrogens (tertiary/aromatic N) is 1. The maximum absolute atomic E-state index is 10.6. The lowest BCUT2D eigenvalue weighted by atomic mass is 10.1. The van der Waals surface area contributed by atoms with Gasteiger partial charge in [-0.1, -0.05) is 0 Å². The zero-order chi connectivity index (χ0) is 13.7. The first kappa shape index (κ1) is 14.3. The molecule has 0 saturated carbocycles. The number of ether oxygens (including phenoxy) is 2. The summed E-state index contributed by atoms with van der Waals surface area (Å²) in [5, 5.41) is 8.73. The average Bonchev–Trinajstić information content (AvgIpc) is 2.30. The maximum Gasteiger partial charge on any atom is 0.317 e. The van der Waals surface area contributed by atoms with Gasteiger partial charge >= 0.3 is 5.97 Å². The highest BCUT2D eigenvalue weighted by Gasteiger charge is 2.11. The van der Waals surface area contributed by atoms with Crippen molar-refractivity contribution >= 4 is 5.97 Å². The van der Waals surface area contributed by atoms with Gasteiger partial charge in [0.2, 0.25) is 0 Å². The van der Waals surface area contributed by atoms with E-state index in [0.717, 1.165) is 11.1 Å². The van der Waals surface area contributed by atoms with Crippen molar-refractivity contribution in [1.29, 1.82) is 0 Å². The third kappa shape index (κ3) is 3.63. The van der Waals surface area contributed by atoms with Crippen LogP contribution in [0.2, 0.25) is 0 Å². The number of benzene rings is 1. The van der Waals surface area contributed by atoms with Crippen molar-refractivity contribution in [1.82, 2.24) is 4.90 Å². The fourth-order valence-electron chi connectivity index (χ4n) is 1.77. The monoisotopic (exact) mass is 253 g/mol. The Morgan fingerprint density at radius 3 is 2.33 bits per heavy atom. The summed E-state index contributed by atoms with van der Waals surface area (Å²) in [4.78, 5) is 12.4. The van der Waals surface area contributed by atoms with Gasteiger partial charge in [-0.3, -0.25) is 9.69 Å². The number of hydrogen-bond donors (Lipinski definition) is 1. The van der Waals surface area contributed by atoms with Gasteiger partial charge in [0, 0.05) is 6.54 Å². The van der Waals surface area contributed by atoms with Gasteiger partial charge in [-0.2, -0.15) is 0 Å². The highest BCUT2D eigenvalue weighted by molar-refractivity contribution is 5.69. The summed E-state index contributed by atoms with van der Waals surface area (Å²) in [6, 6.07) is 3.77. The summed E-state index contributed by atoms with van der Waals surface area (Å²) in [6.07, 6.45) is 0. The molecule has 0 aliphatic rings. The molecule has 0 spiro atoms. The Hall–Kier alpha value is -1.75. The molecule has 0 heterocycles. The second kappa shape index (κ2) is 6.26. The Kier molecular flexibility index (Phi) is 4.97. The molecule has 18 heavy (non-hydrogen) atoms. The lowest BCUT2D eigenvalue weighted by molar-refractivity contribution is -0.138. The van der Waals surface area contributed by atoms with Crippen LogP contribution in [0.1, 0.15) is 11.1 Å². The SMILES string of the molecule is COc1cc(C)c(CN(C)CC(=O)O)cc1OC. The molecule has 1 N–H and O–H groups in total. The first-order chi connectivity index (χ1) is 8.47. The van der Waals surface area contributed by atoms with Crippen molar-refractivity contribution < 1.29 is 19.4 Å². The molecular formula is C13H19NO4. The molecule has 5 nitrogen and oxygen atoms in total. The van der Waals surface area contributed by atoms with Crippen molar-refractivity contribution in [2.24, 2.45) is 0 Å². The van der Waals surface area contributed by atoms with E-state index in [1.165, 1.54) is 0 Å². The number of aliphatic carboxylic acids is 1. The van der Waals surface area contributed by atoms with E-state index in [1.807, 2.05) is 19.1 Å². The van der Waals surface area contributed by atoms with Gasteiger partial charge in [-0.15, -0.1) is 0 Å². The van der Waals surface area contributed by atoms with Gasteiger partial charge in [-0.25, -0.2) is 0 Å². The largest absolute Gasteiger partial charge is 0.493 e. The predicted molar refractivity (Wildman–Crippen MR) is 68.3 cm³/mol. The van der Waals surface area contributed by atoms with Crippen LogP contribution in [0.25, 0.3) is 0 Å². The molecule has 5 heteroatoms. The zero-order valence-corrected chi connectivity index (χ0v) is 11.2. The molecule has 0 fully saturated rings. The topological polar surface area (TPSA) is 59.0 Å². The molecule has 1 rings (SSSR count). The minimum absolute atomic E-state index is 0.00772. The molecule has 0 amide bonds. The molecule has 0 aromatic heterocycles. The average molecular weight is 253 g/mol. The number of likely N-dealkylation sites (N-methyl/N-ethyl adjacent to an activating group) is 1. The Balaban J connectivity index is 2.92. The van der Waals surface area contributed by atoms with Crippen LogP contribution in [0, 0.1) is 6.92 Å². The van der Waals surface area contributed by atoms with Crippen molar-refractivity contribution in [2.45, 2.75) is 13.5 Å². The summed E-state index contributed by atoms with van der Waals surface area (Å²) in [5.41, 5.74) is 2.07. The van der Waals surface area contributed by atoms with E-state index in [9.17, 15) is 4.79 Å². The van der Waals surface area contributed by atoms with Crippen LogP contribution in [0.5, 0.6) is 11.5 Å². The Bertz CT molecular complexity index is 431. The van der Waals surface area contributed by atoms with E-state index in [4.69, 9.17) is 14.6 Å². The lowest BCUT2D eigenvalue weighted by Crippen LogP contribution is -2.25. The first-order valence-electron chi connectivity index (χ1n) is 5.59. The fourth-order valence-corrected chi connectivity index (χ4v) is 1.77. The highest BCUT2D eigenvalue weighted by Crippen LogP contribution is 2.30. The highest BCUT2D eigenvalue weighted by atomic mass is 16.5. The third-order valence-corrected chi connectivity index (χ3v) is 2.69. The molecule has 0 radical (unpaired) electrons. The summed E-state index contributed by atoms with van der Waals surface area (Å²) in [7, 11) is 4.94. The van der Waals surface area contributed by atoms with Gasteiger partial charge in [0.05, 0.1) is 20.8 Å². The van der Waals surface area contributed by atoms with Gasteiger partial charge < -0.3 is 14.6 Å². The van der Waals surface area contributed by atoms with Crippen LogP contribution < -0.4 is 9.47 Å². The Morgan fingerprint density at radius 2 is 1.83 bits per heavy atom. The van der Waals surface area contributed by atoms with Crippen molar-refractivity contribution in [3.05, 3.63) is 23.3 Å². The maximum atomic E-state index is 10.6. The van der Waals surface area contributed by atoms with Gasteiger partial charge in [0.25, 0.3) is 0 Å². The standard InChI is InChI=1S/C13H19NO4/c1-9-5-11(17-3)12(18-4)6-10(9)7-14(2)8-13(15)16/h5-6H,7-8H2,1-4H3,(H,15,16). The number of carboxylic acid groups (broad SMARTS) is 1. The normalized spacial score (nSPS) is 10.5. The molecule has 0 atom stereocenters. The van der Waals surface area contributed by atoms with Crippen molar-refractivity contribution in [2.75, 3.05) is 27.8 Å². The van der Waals surface area contributed by atoms with Crippen LogP contribution >= 0.6 is 0 Å². The number of carboxylic acids is 1. The molecule has 0 aliphatic carbocycles. The molecule has 0 aliphatic heterocycles. The lowest BCUT2D eigenvalue weighted by Gasteiger charge is -2.17. The van der Waals surface area contributed by atoms with E-state index in [2.05, 4.69) is 0 Å². The molecule has 1 aromatic rings. The second-order valence-electron chi connectivity index (χ2n) is 4.20. The molecule has 0 bridgehead atoms. The number of hydrogen-bond acceptors (Lipinski definition) is 4. The molecule has 1 aromatic carbocycles. The molecule has 0 saturated heterocycles. The smallest absolute Gasteiger partial charge is 0.317 e. The Labute approximate surface area is 107 Å². The number of methoxy groups -OCH3 is 2. The molecule has 100 valence electrons. The summed E-state index contributed by atoms with van der Waals surface area (Å²) < 4.78 is 10.4. The quantitative estimate of drug-likeness (QED) is 0.833. The predicted octanol–water partition coefficient (Wildman–Crippen LogP) is 1.53. The van der Waals surface area contributed by atoms with E-state index in [1.54, 1.807) is 26.2 Å². The van der Waals surface area contributed by atoms with E-state index >= 15 is 0 Å². The van der Waals surface area contributed by atoms with Crippen molar-refractivity contribution in [3.8, 4) is 11.5 Å². The van der Waals surface area contributed by atoms with Crippen LogP contribution in [-0.2, 0) is 11.3 Å². The minimum Gasteiger partial charge on any atom is -0.493 e. The minimum atomic E-state index is -0.837. The third-order valence-electron chi connectivity index (χ3n) is 2.69. The first-order valence-corrected chi connectivity index (χ1v) is 5.59. The zero-order valence-electron chi connectivity index (χ0n) is 11.2. The van der Waals surface area contributed by atoms with Crippen LogP contribution in [-0.4, -0.2) is 43.8 Å². The van der Waals surface area contributed by atoms with Crippen LogP contribution in [0.15, 0.2) is 12.1 Å².